The molecule has 1 aliphatic rings. The normalized spacial score (nSPS) is 18.1. The number of carbonyl (C=O) groups excluding carboxylic acids is 2. The van der Waals surface area contributed by atoms with Gasteiger partial charge < -0.3 is 15.2 Å². The number of para-hydroxylation sites is 1. The van der Waals surface area contributed by atoms with Crippen molar-refractivity contribution >= 4 is 29.1 Å². The number of piperidine rings is 1. The third-order valence-electron chi connectivity index (χ3n) is 4.09. The Kier molecular flexibility index (Phi) is 4.39. The SMILES string of the molecule is Cc1[nH]ccc1C(=O)NC1CCCN(c2ccccc2Cl)C1=O. The lowest BCUT2D eigenvalue weighted by Crippen LogP contribution is -2.52. The fourth-order valence-electron chi connectivity index (χ4n) is 2.85. The van der Waals surface area contributed by atoms with E-state index in [1.165, 1.54) is 0 Å². The molecule has 2 aromatic rings. The monoisotopic (exact) mass is 331 g/mol. The number of hydrogen-bond donors (Lipinski definition) is 2. The van der Waals surface area contributed by atoms with Crippen molar-refractivity contribution in [2.24, 2.45) is 0 Å². The van der Waals surface area contributed by atoms with E-state index < -0.39 is 6.04 Å². The number of rotatable bonds is 3. The number of aromatic nitrogens is 1. The first-order chi connectivity index (χ1) is 11.1. The van der Waals surface area contributed by atoms with Gasteiger partial charge in [0.25, 0.3) is 5.91 Å². The van der Waals surface area contributed by atoms with E-state index in [0.717, 1.165) is 12.1 Å². The van der Waals surface area contributed by atoms with Gasteiger partial charge in [-0.25, -0.2) is 0 Å². The zero-order valence-corrected chi connectivity index (χ0v) is 13.6. The highest BCUT2D eigenvalue weighted by molar-refractivity contribution is 6.33. The second-order valence-corrected chi connectivity index (χ2v) is 6.03. The minimum Gasteiger partial charge on any atom is -0.365 e. The largest absolute Gasteiger partial charge is 0.365 e. The summed E-state index contributed by atoms with van der Waals surface area (Å²) in [4.78, 5) is 29.7. The maximum absolute atomic E-state index is 12.7. The molecule has 1 aromatic heterocycles. The number of amides is 2. The summed E-state index contributed by atoms with van der Waals surface area (Å²) in [5.41, 5.74) is 2.04. The molecule has 1 atom stereocenters. The van der Waals surface area contributed by atoms with E-state index in [0.29, 0.717) is 29.2 Å². The maximum atomic E-state index is 12.7. The van der Waals surface area contributed by atoms with Crippen LogP contribution in [0.1, 0.15) is 28.9 Å². The first-order valence-corrected chi connectivity index (χ1v) is 7.96. The van der Waals surface area contributed by atoms with Crippen LogP contribution in [0, 0.1) is 6.92 Å². The van der Waals surface area contributed by atoms with Crippen LogP contribution in [0.3, 0.4) is 0 Å². The summed E-state index contributed by atoms with van der Waals surface area (Å²) in [5.74, 6) is -0.353. The molecule has 0 bridgehead atoms. The molecule has 0 radical (unpaired) electrons. The van der Waals surface area contributed by atoms with Crippen LogP contribution in [0.25, 0.3) is 0 Å². The Morgan fingerprint density at radius 2 is 2.13 bits per heavy atom. The number of benzene rings is 1. The Morgan fingerprint density at radius 3 is 2.83 bits per heavy atom. The molecule has 0 saturated carbocycles. The molecule has 6 heteroatoms. The summed E-state index contributed by atoms with van der Waals surface area (Å²) >= 11 is 6.19. The molecule has 1 aliphatic heterocycles. The fourth-order valence-corrected chi connectivity index (χ4v) is 3.09. The third-order valence-corrected chi connectivity index (χ3v) is 4.41. The number of anilines is 1. The standard InChI is InChI=1S/C17H18ClN3O2/c1-11-12(8-9-19-11)16(22)20-14-6-4-10-21(17(14)23)15-7-3-2-5-13(15)18/h2-3,5,7-9,14,19H,4,6,10H2,1H3,(H,20,22). The van der Waals surface area contributed by atoms with E-state index in [2.05, 4.69) is 10.3 Å². The highest BCUT2D eigenvalue weighted by atomic mass is 35.5. The lowest BCUT2D eigenvalue weighted by Gasteiger charge is -2.33. The zero-order chi connectivity index (χ0) is 16.4. The minimum absolute atomic E-state index is 0.120. The summed E-state index contributed by atoms with van der Waals surface area (Å²) < 4.78 is 0. The summed E-state index contributed by atoms with van der Waals surface area (Å²) in [6.45, 7) is 2.44. The lowest BCUT2D eigenvalue weighted by molar-refractivity contribution is -0.121. The molecule has 1 aromatic carbocycles. The zero-order valence-electron chi connectivity index (χ0n) is 12.8. The van der Waals surface area contributed by atoms with E-state index in [-0.39, 0.29) is 11.8 Å². The molecule has 5 nitrogen and oxygen atoms in total. The average molecular weight is 332 g/mol. The Labute approximate surface area is 139 Å². The molecule has 2 N–H and O–H groups in total. The predicted molar refractivity (Wildman–Crippen MR) is 89.8 cm³/mol. The van der Waals surface area contributed by atoms with E-state index in [9.17, 15) is 9.59 Å². The Balaban J connectivity index is 1.77. The van der Waals surface area contributed by atoms with Crippen LogP contribution in [0.2, 0.25) is 5.02 Å². The average Bonchev–Trinajstić information content (AvgIpc) is 2.96. The van der Waals surface area contributed by atoms with E-state index in [1.54, 1.807) is 23.2 Å². The summed E-state index contributed by atoms with van der Waals surface area (Å²) in [5, 5.41) is 3.37. The smallest absolute Gasteiger partial charge is 0.253 e. The molecule has 2 heterocycles. The number of aryl methyl sites for hydroxylation is 1. The molecule has 0 spiro atoms. The summed E-state index contributed by atoms with van der Waals surface area (Å²) in [7, 11) is 0. The number of nitrogens with one attached hydrogen (secondary N) is 2. The Bertz CT molecular complexity index is 741. The number of H-pyrrole nitrogens is 1. The highest BCUT2D eigenvalue weighted by Crippen LogP contribution is 2.28. The van der Waals surface area contributed by atoms with Gasteiger partial charge in [-0.2, -0.15) is 0 Å². The van der Waals surface area contributed by atoms with Crippen LogP contribution in [-0.4, -0.2) is 29.4 Å². The molecule has 0 aliphatic carbocycles. The molecule has 1 saturated heterocycles. The molecule has 1 unspecified atom stereocenters. The van der Waals surface area contributed by atoms with E-state index in [4.69, 9.17) is 11.6 Å². The minimum atomic E-state index is -0.526. The van der Waals surface area contributed by atoms with Gasteiger partial charge in [0.15, 0.2) is 0 Å². The van der Waals surface area contributed by atoms with Gasteiger partial charge in [0.2, 0.25) is 5.91 Å². The fraction of sp³-hybridized carbons (Fsp3) is 0.294. The van der Waals surface area contributed by atoms with Crippen LogP contribution in [0.5, 0.6) is 0 Å². The van der Waals surface area contributed by atoms with Crippen molar-refractivity contribution in [3.63, 3.8) is 0 Å². The van der Waals surface area contributed by atoms with Gasteiger partial charge in [-0.3, -0.25) is 9.59 Å². The van der Waals surface area contributed by atoms with Crippen molar-refractivity contribution in [2.45, 2.75) is 25.8 Å². The van der Waals surface area contributed by atoms with Gasteiger partial charge in [0.1, 0.15) is 6.04 Å². The van der Waals surface area contributed by atoms with Crippen LogP contribution >= 0.6 is 11.6 Å². The highest BCUT2D eigenvalue weighted by Gasteiger charge is 2.32. The Hall–Kier alpha value is -2.27. The third kappa shape index (κ3) is 3.10. The van der Waals surface area contributed by atoms with Crippen molar-refractivity contribution in [1.29, 1.82) is 0 Å². The predicted octanol–water partition coefficient (Wildman–Crippen LogP) is 2.90. The molecular weight excluding hydrogens is 314 g/mol. The number of halogens is 1. The quantitative estimate of drug-likeness (QED) is 0.908. The molecule has 2 amide bonds. The summed E-state index contributed by atoms with van der Waals surface area (Å²) in [6, 6.07) is 8.44. The van der Waals surface area contributed by atoms with Gasteiger partial charge >= 0.3 is 0 Å². The Morgan fingerprint density at radius 1 is 1.35 bits per heavy atom. The second-order valence-electron chi connectivity index (χ2n) is 5.63. The second kappa shape index (κ2) is 6.46. The lowest BCUT2D eigenvalue weighted by atomic mass is 10.0. The first-order valence-electron chi connectivity index (χ1n) is 7.58. The van der Waals surface area contributed by atoms with Crippen LogP contribution in [-0.2, 0) is 4.79 Å². The molecule has 23 heavy (non-hydrogen) atoms. The van der Waals surface area contributed by atoms with Gasteiger partial charge in [0.05, 0.1) is 16.3 Å². The first kappa shape index (κ1) is 15.6. The van der Waals surface area contributed by atoms with E-state index in [1.807, 2.05) is 25.1 Å². The molecule has 1 fully saturated rings. The van der Waals surface area contributed by atoms with Gasteiger partial charge in [-0.1, -0.05) is 23.7 Å². The van der Waals surface area contributed by atoms with Crippen molar-refractivity contribution < 1.29 is 9.59 Å². The molecule has 3 rings (SSSR count). The van der Waals surface area contributed by atoms with Gasteiger partial charge in [-0.15, -0.1) is 0 Å². The number of carbonyl (C=O) groups is 2. The van der Waals surface area contributed by atoms with Crippen LogP contribution in [0.15, 0.2) is 36.5 Å². The summed E-state index contributed by atoms with van der Waals surface area (Å²) in [6.07, 6.45) is 3.16. The van der Waals surface area contributed by atoms with Crippen LogP contribution in [0.4, 0.5) is 5.69 Å². The number of hydrogen-bond acceptors (Lipinski definition) is 2. The van der Waals surface area contributed by atoms with Crippen LogP contribution < -0.4 is 10.2 Å². The van der Waals surface area contributed by atoms with E-state index >= 15 is 0 Å². The van der Waals surface area contributed by atoms with Crippen molar-refractivity contribution in [1.82, 2.24) is 10.3 Å². The van der Waals surface area contributed by atoms with Crippen molar-refractivity contribution in [3.05, 3.63) is 52.8 Å². The topological polar surface area (TPSA) is 65.2 Å². The van der Waals surface area contributed by atoms with Gasteiger partial charge in [0, 0.05) is 18.4 Å². The van der Waals surface area contributed by atoms with Gasteiger partial charge in [-0.05, 0) is 38.0 Å². The maximum Gasteiger partial charge on any atom is 0.253 e. The van der Waals surface area contributed by atoms with Crippen molar-refractivity contribution in [3.8, 4) is 0 Å². The molecular formula is C17H18ClN3O2. The van der Waals surface area contributed by atoms with Crippen molar-refractivity contribution in [2.75, 3.05) is 11.4 Å². The number of nitrogens with zero attached hydrogens (tertiary/aromatic N) is 1. The number of aromatic amines is 1. The molecule has 120 valence electrons.